The van der Waals surface area contributed by atoms with Gasteiger partial charge in [-0.3, -0.25) is 0 Å². The predicted molar refractivity (Wildman–Crippen MR) is 96.5 cm³/mol. The number of thiol groups is 1. The third-order valence-corrected chi connectivity index (χ3v) is 4.73. The molecule has 2 aromatic rings. The lowest BCUT2D eigenvalue weighted by Crippen LogP contribution is -2.04. The fourth-order valence-corrected chi connectivity index (χ4v) is 3.66. The molecule has 1 aliphatic rings. The van der Waals surface area contributed by atoms with Gasteiger partial charge in [0.05, 0.1) is 21.3 Å². The van der Waals surface area contributed by atoms with Crippen LogP contribution in [0.2, 0.25) is 0 Å². The van der Waals surface area contributed by atoms with Crippen LogP contribution in [0, 0.1) is 0 Å². The van der Waals surface area contributed by atoms with Crippen LogP contribution in [0.4, 0.5) is 0 Å². The van der Waals surface area contributed by atoms with E-state index >= 15 is 0 Å². The maximum atomic E-state index is 5.72. The zero-order valence-corrected chi connectivity index (χ0v) is 14.7. The summed E-state index contributed by atoms with van der Waals surface area (Å²) in [5.41, 5.74) is 6.23. The molecule has 0 saturated heterocycles. The third kappa shape index (κ3) is 2.55. The fraction of sp³-hybridized carbons (Fsp3) is 0.368. The van der Waals surface area contributed by atoms with Crippen LogP contribution in [0.25, 0.3) is 11.1 Å². The highest BCUT2D eigenvalue weighted by Gasteiger charge is 2.31. The van der Waals surface area contributed by atoms with Gasteiger partial charge >= 0.3 is 0 Å². The first-order chi connectivity index (χ1) is 11.3. The van der Waals surface area contributed by atoms with E-state index < -0.39 is 0 Å². The molecule has 0 N–H and O–H groups in total. The molecule has 0 heterocycles. The molecule has 0 saturated carbocycles. The predicted octanol–water partition coefficient (Wildman–Crippen LogP) is 4.15. The number of benzene rings is 2. The van der Waals surface area contributed by atoms with Crippen molar-refractivity contribution in [1.82, 2.24) is 0 Å². The van der Waals surface area contributed by atoms with Gasteiger partial charge in [0.25, 0.3) is 0 Å². The van der Waals surface area contributed by atoms with E-state index in [1.807, 2.05) is 0 Å². The fourth-order valence-electron chi connectivity index (χ4n) is 3.50. The SMILES string of the molecule is COc1c(CCCS)c2c(c(OC)c1OC)Cc1ccccc1-2. The highest BCUT2D eigenvalue weighted by Crippen LogP contribution is 2.53. The average molecular weight is 330 g/mol. The summed E-state index contributed by atoms with van der Waals surface area (Å²) in [5.74, 6) is 3.09. The lowest BCUT2D eigenvalue weighted by molar-refractivity contribution is 0.321. The van der Waals surface area contributed by atoms with Gasteiger partial charge in [0.1, 0.15) is 0 Å². The number of ether oxygens (including phenoxy) is 3. The zero-order valence-electron chi connectivity index (χ0n) is 13.8. The van der Waals surface area contributed by atoms with Crippen molar-refractivity contribution in [1.29, 1.82) is 0 Å². The molecule has 0 bridgehead atoms. The molecule has 23 heavy (non-hydrogen) atoms. The van der Waals surface area contributed by atoms with E-state index in [1.165, 1.54) is 27.8 Å². The van der Waals surface area contributed by atoms with Gasteiger partial charge in [-0.15, -0.1) is 0 Å². The number of hydrogen-bond acceptors (Lipinski definition) is 4. The van der Waals surface area contributed by atoms with Crippen molar-refractivity contribution in [2.24, 2.45) is 0 Å². The topological polar surface area (TPSA) is 27.7 Å². The van der Waals surface area contributed by atoms with E-state index in [9.17, 15) is 0 Å². The van der Waals surface area contributed by atoms with Crippen molar-refractivity contribution in [2.75, 3.05) is 27.1 Å². The first-order valence-electron chi connectivity index (χ1n) is 7.79. The molecular weight excluding hydrogens is 308 g/mol. The number of methoxy groups -OCH3 is 3. The summed E-state index contributed by atoms with van der Waals surface area (Å²) in [5, 5.41) is 0. The molecule has 3 nitrogen and oxygen atoms in total. The Kier molecular flexibility index (Phi) is 4.71. The minimum atomic E-state index is 0.690. The van der Waals surface area contributed by atoms with Crippen LogP contribution in [-0.4, -0.2) is 27.1 Å². The van der Waals surface area contributed by atoms with Crippen molar-refractivity contribution < 1.29 is 14.2 Å². The number of fused-ring (bicyclic) bond motifs is 3. The molecule has 122 valence electrons. The van der Waals surface area contributed by atoms with Crippen molar-refractivity contribution in [3.8, 4) is 28.4 Å². The molecule has 0 aromatic heterocycles. The van der Waals surface area contributed by atoms with Crippen LogP contribution in [0.5, 0.6) is 17.2 Å². The van der Waals surface area contributed by atoms with Crippen molar-refractivity contribution >= 4 is 12.6 Å². The highest BCUT2D eigenvalue weighted by molar-refractivity contribution is 7.80. The molecular formula is C19H22O3S. The van der Waals surface area contributed by atoms with E-state index in [-0.39, 0.29) is 0 Å². The molecule has 2 aromatic carbocycles. The van der Waals surface area contributed by atoms with E-state index in [4.69, 9.17) is 14.2 Å². The maximum absolute atomic E-state index is 5.72. The second-order valence-corrected chi connectivity index (χ2v) is 6.04. The Hall–Kier alpha value is -1.81. The zero-order chi connectivity index (χ0) is 16.4. The van der Waals surface area contributed by atoms with Crippen LogP contribution in [-0.2, 0) is 12.8 Å². The van der Waals surface area contributed by atoms with Gasteiger partial charge < -0.3 is 14.2 Å². The average Bonchev–Trinajstić information content (AvgIpc) is 2.97. The highest BCUT2D eigenvalue weighted by atomic mass is 32.1. The summed E-state index contributed by atoms with van der Waals surface area (Å²) in [4.78, 5) is 0. The van der Waals surface area contributed by atoms with Crippen molar-refractivity contribution in [2.45, 2.75) is 19.3 Å². The van der Waals surface area contributed by atoms with Gasteiger partial charge in [-0.25, -0.2) is 0 Å². The van der Waals surface area contributed by atoms with E-state index in [0.29, 0.717) is 5.75 Å². The quantitative estimate of drug-likeness (QED) is 0.688. The van der Waals surface area contributed by atoms with Gasteiger partial charge in [0, 0.05) is 17.5 Å². The second-order valence-electron chi connectivity index (χ2n) is 5.59. The molecule has 3 rings (SSSR count). The smallest absolute Gasteiger partial charge is 0.203 e. The normalized spacial score (nSPS) is 11.8. The second kappa shape index (κ2) is 6.75. The van der Waals surface area contributed by atoms with E-state index in [2.05, 4.69) is 36.9 Å². The van der Waals surface area contributed by atoms with Crippen molar-refractivity contribution in [3.63, 3.8) is 0 Å². The summed E-state index contributed by atoms with van der Waals surface area (Å²) >= 11 is 4.37. The lowest BCUT2D eigenvalue weighted by Gasteiger charge is -2.21. The minimum Gasteiger partial charge on any atom is -0.492 e. The number of rotatable bonds is 6. The van der Waals surface area contributed by atoms with Gasteiger partial charge in [-0.1, -0.05) is 24.3 Å². The summed E-state index contributed by atoms with van der Waals surface area (Å²) in [7, 11) is 5.04. The Morgan fingerprint density at radius 2 is 1.65 bits per heavy atom. The molecule has 0 radical (unpaired) electrons. The standard InChI is InChI=1S/C19H22O3S/c1-20-17-14(9-6-10-23)16-13-8-5-4-7-12(13)11-15(16)18(21-2)19(17)22-3/h4-5,7-8,23H,6,9-11H2,1-3H3. The van der Waals surface area contributed by atoms with E-state index in [0.717, 1.165) is 36.5 Å². The maximum Gasteiger partial charge on any atom is 0.203 e. The van der Waals surface area contributed by atoms with Crippen LogP contribution in [0.15, 0.2) is 24.3 Å². The Morgan fingerprint density at radius 1 is 0.957 bits per heavy atom. The summed E-state index contributed by atoms with van der Waals surface area (Å²) in [6, 6.07) is 8.52. The summed E-state index contributed by atoms with van der Waals surface area (Å²) in [6.45, 7) is 0. The van der Waals surface area contributed by atoms with Gasteiger partial charge in [-0.05, 0) is 35.3 Å². The summed E-state index contributed by atoms with van der Waals surface area (Å²) < 4.78 is 17.0. The number of hydrogen-bond donors (Lipinski definition) is 1. The first-order valence-corrected chi connectivity index (χ1v) is 8.42. The first kappa shape index (κ1) is 16.1. The summed E-state index contributed by atoms with van der Waals surface area (Å²) in [6.07, 6.45) is 2.76. The van der Waals surface area contributed by atoms with Gasteiger partial charge in [0.2, 0.25) is 5.75 Å². The van der Waals surface area contributed by atoms with Gasteiger partial charge in [0.15, 0.2) is 11.5 Å². The Balaban J connectivity index is 2.32. The van der Waals surface area contributed by atoms with Gasteiger partial charge in [-0.2, -0.15) is 12.6 Å². The Labute approximate surface area is 143 Å². The largest absolute Gasteiger partial charge is 0.492 e. The Morgan fingerprint density at radius 3 is 2.30 bits per heavy atom. The molecule has 0 fully saturated rings. The molecule has 1 aliphatic carbocycles. The molecule has 0 aliphatic heterocycles. The molecule has 0 amide bonds. The third-order valence-electron chi connectivity index (χ3n) is 4.42. The molecule has 4 heteroatoms. The lowest BCUT2D eigenvalue weighted by atomic mass is 9.94. The molecule has 0 unspecified atom stereocenters. The monoisotopic (exact) mass is 330 g/mol. The van der Waals surface area contributed by atoms with E-state index in [1.54, 1.807) is 21.3 Å². The Bertz CT molecular complexity index is 725. The molecule has 0 spiro atoms. The minimum absolute atomic E-state index is 0.690. The van der Waals surface area contributed by atoms with Crippen LogP contribution < -0.4 is 14.2 Å². The van der Waals surface area contributed by atoms with Crippen LogP contribution >= 0.6 is 12.6 Å². The van der Waals surface area contributed by atoms with Crippen molar-refractivity contribution in [3.05, 3.63) is 41.0 Å². The van der Waals surface area contributed by atoms with Crippen LogP contribution in [0.3, 0.4) is 0 Å². The van der Waals surface area contributed by atoms with Crippen LogP contribution in [0.1, 0.15) is 23.1 Å². The molecule has 0 atom stereocenters.